The molecule has 3 aromatic carbocycles. The summed E-state index contributed by atoms with van der Waals surface area (Å²) in [6, 6.07) is 20.6. The topological polar surface area (TPSA) is 12.9 Å². The molecule has 0 saturated carbocycles. The summed E-state index contributed by atoms with van der Waals surface area (Å²) in [7, 11) is 0. The van der Waals surface area contributed by atoms with Crippen LogP contribution in [-0.4, -0.2) is 4.98 Å². The molecule has 1 nitrogen and oxygen atoms in total. The average Bonchev–Trinajstić information content (AvgIpc) is 3.26. The van der Waals surface area contributed by atoms with E-state index < -0.39 is 0 Å². The lowest BCUT2D eigenvalue weighted by molar-refractivity contribution is 0.668. The molecular weight excluding hydrogens is 430 g/mol. The monoisotopic (exact) mass is 461 g/mol. The molecule has 0 radical (unpaired) electrons. The summed E-state index contributed by atoms with van der Waals surface area (Å²) in [6.45, 7) is 15.9. The van der Waals surface area contributed by atoms with Gasteiger partial charge in [-0.1, -0.05) is 58.0 Å². The van der Waals surface area contributed by atoms with Gasteiger partial charge in [0.05, 0.1) is 11.2 Å². The molecule has 0 spiro atoms. The number of thiophene rings is 1. The Morgan fingerprint density at radius 3 is 2.32 bits per heavy atom. The lowest BCUT2D eigenvalue weighted by atomic mass is 9.78. The van der Waals surface area contributed by atoms with E-state index in [9.17, 15) is 0 Å². The summed E-state index contributed by atoms with van der Waals surface area (Å²) in [5.74, 6) is 0.527. The Hall–Kier alpha value is -2.97. The minimum atomic E-state index is -0.0812. The third-order valence-electron chi connectivity index (χ3n) is 7.66. The summed E-state index contributed by atoms with van der Waals surface area (Å²) in [5.41, 5.74) is 12.9. The molecular formula is C32H31NS. The maximum absolute atomic E-state index is 5.22. The van der Waals surface area contributed by atoms with E-state index in [0.29, 0.717) is 5.92 Å². The molecule has 0 N–H and O–H groups in total. The molecule has 5 aromatic rings. The molecule has 2 aromatic heterocycles. The van der Waals surface area contributed by atoms with Crippen molar-refractivity contribution in [2.45, 2.75) is 59.8 Å². The number of nitrogens with zero attached hydrogens (tertiary/aromatic N) is 1. The van der Waals surface area contributed by atoms with Crippen LogP contribution in [0.15, 0.2) is 54.6 Å². The zero-order valence-electron chi connectivity index (χ0n) is 21.1. The summed E-state index contributed by atoms with van der Waals surface area (Å²) >= 11 is 1.94. The SMILES string of the molecule is Cc1cc(C)c2c(C)cc(-c3cccc4c3C(C)(C)c3c-4sc4ccc(C(C)C)cc34)nc2c1. The maximum atomic E-state index is 5.22. The van der Waals surface area contributed by atoms with Gasteiger partial charge in [0.25, 0.3) is 0 Å². The number of hydrogen-bond donors (Lipinski definition) is 0. The fourth-order valence-electron chi connectivity index (χ4n) is 6.16. The van der Waals surface area contributed by atoms with Gasteiger partial charge in [-0.15, -0.1) is 11.3 Å². The molecule has 0 aliphatic heterocycles. The second-order valence-electron chi connectivity index (χ2n) is 10.9. The van der Waals surface area contributed by atoms with Crippen LogP contribution in [0.2, 0.25) is 0 Å². The maximum Gasteiger partial charge on any atom is 0.0717 e. The first-order valence-electron chi connectivity index (χ1n) is 12.3. The van der Waals surface area contributed by atoms with Crippen molar-refractivity contribution in [3.8, 4) is 21.7 Å². The second kappa shape index (κ2) is 7.26. The molecule has 0 atom stereocenters. The summed E-state index contributed by atoms with van der Waals surface area (Å²) in [6.07, 6.45) is 0. The molecule has 1 aliphatic carbocycles. The van der Waals surface area contributed by atoms with Crippen LogP contribution in [-0.2, 0) is 5.41 Å². The fraction of sp³-hybridized carbons (Fsp3) is 0.281. The lowest BCUT2D eigenvalue weighted by Crippen LogP contribution is -2.16. The second-order valence-corrected chi connectivity index (χ2v) is 11.9. The van der Waals surface area contributed by atoms with Crippen LogP contribution in [0.4, 0.5) is 0 Å². The fourth-order valence-corrected chi connectivity index (χ4v) is 7.54. The van der Waals surface area contributed by atoms with Gasteiger partial charge < -0.3 is 0 Å². The van der Waals surface area contributed by atoms with Crippen molar-refractivity contribution in [2.75, 3.05) is 0 Å². The van der Waals surface area contributed by atoms with E-state index in [2.05, 4.69) is 103 Å². The first kappa shape index (κ1) is 21.6. The van der Waals surface area contributed by atoms with E-state index in [1.165, 1.54) is 64.9 Å². The van der Waals surface area contributed by atoms with Crippen LogP contribution >= 0.6 is 11.3 Å². The van der Waals surface area contributed by atoms with E-state index in [1.807, 2.05) is 11.3 Å². The van der Waals surface area contributed by atoms with Gasteiger partial charge in [-0.25, -0.2) is 4.98 Å². The van der Waals surface area contributed by atoms with Crippen LogP contribution in [0.3, 0.4) is 0 Å². The van der Waals surface area contributed by atoms with Crippen LogP contribution in [0.5, 0.6) is 0 Å². The standard InChI is InChI=1S/C32H31NS/c1-17(2)21-11-12-27-24(16-21)30-31(34-27)23-10-8-9-22(29(23)32(30,6)7)25-15-20(5)28-19(4)13-18(3)14-26(28)33-25/h8-17H,1-7H3. The highest BCUT2D eigenvalue weighted by Crippen LogP contribution is 2.57. The van der Waals surface area contributed by atoms with Crippen molar-refractivity contribution in [1.82, 2.24) is 4.98 Å². The Kier molecular flexibility index (Phi) is 4.60. The zero-order valence-corrected chi connectivity index (χ0v) is 21.9. The summed E-state index contributed by atoms with van der Waals surface area (Å²) in [4.78, 5) is 6.65. The molecule has 170 valence electrons. The van der Waals surface area contributed by atoms with Crippen molar-refractivity contribution >= 4 is 32.3 Å². The highest BCUT2D eigenvalue weighted by molar-refractivity contribution is 7.22. The Balaban J connectivity index is 1.62. The molecule has 0 saturated heterocycles. The highest BCUT2D eigenvalue weighted by Gasteiger charge is 2.40. The van der Waals surface area contributed by atoms with Crippen LogP contribution in [0, 0.1) is 20.8 Å². The highest BCUT2D eigenvalue weighted by atomic mass is 32.1. The number of rotatable bonds is 2. The lowest BCUT2D eigenvalue weighted by Gasteiger charge is -2.25. The molecule has 0 unspecified atom stereocenters. The molecule has 0 bridgehead atoms. The molecule has 6 rings (SSSR count). The molecule has 34 heavy (non-hydrogen) atoms. The number of hydrogen-bond acceptors (Lipinski definition) is 2. The van der Waals surface area contributed by atoms with E-state index in [0.717, 1.165) is 11.2 Å². The van der Waals surface area contributed by atoms with Crippen LogP contribution in [0.1, 0.15) is 67.0 Å². The predicted molar refractivity (Wildman–Crippen MR) is 148 cm³/mol. The zero-order chi connectivity index (χ0) is 23.9. The van der Waals surface area contributed by atoms with E-state index in [-0.39, 0.29) is 5.41 Å². The van der Waals surface area contributed by atoms with Gasteiger partial charge in [0.2, 0.25) is 0 Å². The van der Waals surface area contributed by atoms with Crippen molar-refractivity contribution in [3.63, 3.8) is 0 Å². The Morgan fingerprint density at radius 1 is 0.824 bits per heavy atom. The Morgan fingerprint density at radius 2 is 1.56 bits per heavy atom. The van der Waals surface area contributed by atoms with Gasteiger partial charge in [0.15, 0.2) is 0 Å². The quantitative estimate of drug-likeness (QED) is 0.255. The predicted octanol–water partition coefficient (Wildman–Crippen LogP) is 9.47. The van der Waals surface area contributed by atoms with Crippen molar-refractivity contribution in [3.05, 3.63) is 88.0 Å². The van der Waals surface area contributed by atoms with Gasteiger partial charge in [-0.3, -0.25) is 0 Å². The van der Waals surface area contributed by atoms with Crippen molar-refractivity contribution in [1.29, 1.82) is 0 Å². The van der Waals surface area contributed by atoms with Gasteiger partial charge >= 0.3 is 0 Å². The van der Waals surface area contributed by atoms with Gasteiger partial charge in [0, 0.05) is 25.9 Å². The Bertz CT molecular complexity index is 1630. The third kappa shape index (κ3) is 2.94. The molecule has 2 heteroatoms. The normalized spacial score (nSPS) is 14.2. The van der Waals surface area contributed by atoms with Crippen molar-refractivity contribution in [2.24, 2.45) is 0 Å². The third-order valence-corrected chi connectivity index (χ3v) is 8.87. The van der Waals surface area contributed by atoms with Crippen LogP contribution in [0.25, 0.3) is 42.7 Å². The molecule has 0 fully saturated rings. The van der Waals surface area contributed by atoms with Crippen LogP contribution < -0.4 is 0 Å². The smallest absolute Gasteiger partial charge is 0.0717 e. The number of aryl methyl sites for hydroxylation is 3. The average molecular weight is 462 g/mol. The molecule has 0 amide bonds. The van der Waals surface area contributed by atoms with Gasteiger partial charge in [0.1, 0.15) is 0 Å². The summed E-state index contributed by atoms with van der Waals surface area (Å²) < 4.78 is 1.39. The van der Waals surface area contributed by atoms with Gasteiger partial charge in [-0.05, 0) is 95.3 Å². The van der Waals surface area contributed by atoms with Crippen molar-refractivity contribution < 1.29 is 0 Å². The number of pyridine rings is 1. The Labute approximate surface area is 206 Å². The largest absolute Gasteiger partial charge is 0.248 e. The number of fused-ring (bicyclic) bond motifs is 6. The first-order chi connectivity index (χ1) is 16.2. The van der Waals surface area contributed by atoms with E-state index >= 15 is 0 Å². The minimum absolute atomic E-state index is 0.0812. The van der Waals surface area contributed by atoms with Gasteiger partial charge in [-0.2, -0.15) is 0 Å². The molecule has 2 heterocycles. The summed E-state index contributed by atoms with van der Waals surface area (Å²) in [5, 5.41) is 2.71. The number of benzene rings is 3. The molecule has 1 aliphatic rings. The minimum Gasteiger partial charge on any atom is -0.248 e. The van der Waals surface area contributed by atoms with E-state index in [4.69, 9.17) is 4.98 Å². The first-order valence-corrected chi connectivity index (χ1v) is 13.1. The van der Waals surface area contributed by atoms with E-state index in [1.54, 1.807) is 0 Å². The number of aromatic nitrogens is 1.